The molecule has 0 aliphatic carbocycles. The number of aryl methyl sites for hydroxylation is 2. The van der Waals surface area contributed by atoms with Crippen LogP contribution in [-0.2, 0) is 30.5 Å². The fourth-order valence-corrected chi connectivity index (χ4v) is 3.05. The number of ether oxygens (including phenoxy) is 2. The molecule has 0 radical (unpaired) electrons. The minimum Gasteiger partial charge on any atom is -0.483 e. The topological polar surface area (TPSA) is 70.4 Å². The van der Waals surface area contributed by atoms with Crippen molar-refractivity contribution in [2.75, 3.05) is 6.61 Å². The van der Waals surface area contributed by atoms with Crippen LogP contribution in [0.2, 0.25) is 0 Å². The fraction of sp³-hybridized carbons (Fsp3) is 0.261. The third-order valence-electron chi connectivity index (χ3n) is 4.57. The van der Waals surface area contributed by atoms with E-state index < -0.39 is 28.8 Å². The van der Waals surface area contributed by atoms with Gasteiger partial charge in [0.15, 0.2) is 5.75 Å². The second kappa shape index (κ2) is 10.1. The fourth-order valence-electron chi connectivity index (χ4n) is 3.05. The lowest BCUT2D eigenvalue weighted by Crippen LogP contribution is -2.26. The summed E-state index contributed by atoms with van der Waals surface area (Å²) in [5, 5.41) is 3.98. The average molecular weight is 446 g/mol. The van der Waals surface area contributed by atoms with Gasteiger partial charge in [-0.25, -0.2) is 4.79 Å². The van der Waals surface area contributed by atoms with Gasteiger partial charge < -0.3 is 9.47 Å². The summed E-state index contributed by atoms with van der Waals surface area (Å²) in [6.07, 6.45) is -3.23. The second-order valence-corrected chi connectivity index (χ2v) is 6.83. The molecule has 0 amide bonds. The summed E-state index contributed by atoms with van der Waals surface area (Å²) < 4.78 is 51.5. The van der Waals surface area contributed by atoms with Crippen LogP contribution in [0.5, 0.6) is 5.75 Å². The summed E-state index contributed by atoms with van der Waals surface area (Å²) in [6.45, 7) is 1.68. The standard InChI is InChI=1S/C23H21F3N2O4/c1-2-31-22(30)20-21(29)19(32-15-16-8-4-3-5-9-16)14-28(27-20)13-12-17-10-6-7-11-18(17)23(24,25)26/h3-11,14H,2,12-13,15H2,1H3. The van der Waals surface area contributed by atoms with Crippen LogP contribution in [-0.4, -0.2) is 22.4 Å². The molecular formula is C23H21F3N2O4. The Morgan fingerprint density at radius 1 is 1.06 bits per heavy atom. The Morgan fingerprint density at radius 2 is 1.75 bits per heavy atom. The highest BCUT2D eigenvalue weighted by atomic mass is 19.4. The molecule has 0 saturated carbocycles. The van der Waals surface area contributed by atoms with Gasteiger partial charge >= 0.3 is 12.1 Å². The van der Waals surface area contributed by atoms with Crippen molar-refractivity contribution in [1.29, 1.82) is 0 Å². The first-order valence-corrected chi connectivity index (χ1v) is 9.90. The van der Waals surface area contributed by atoms with E-state index in [1.165, 1.54) is 29.1 Å². The quantitative estimate of drug-likeness (QED) is 0.484. The Kier molecular flexibility index (Phi) is 7.29. The summed E-state index contributed by atoms with van der Waals surface area (Å²) in [7, 11) is 0. The van der Waals surface area contributed by atoms with E-state index in [-0.39, 0.29) is 37.5 Å². The molecule has 32 heavy (non-hydrogen) atoms. The van der Waals surface area contributed by atoms with Gasteiger partial charge in [-0.05, 0) is 30.5 Å². The summed E-state index contributed by atoms with van der Waals surface area (Å²) >= 11 is 0. The second-order valence-electron chi connectivity index (χ2n) is 6.83. The van der Waals surface area contributed by atoms with Crippen LogP contribution in [0.3, 0.4) is 0 Å². The molecule has 6 nitrogen and oxygen atoms in total. The average Bonchev–Trinajstić information content (AvgIpc) is 2.78. The number of rotatable bonds is 8. The van der Waals surface area contributed by atoms with Crippen molar-refractivity contribution < 1.29 is 27.4 Å². The van der Waals surface area contributed by atoms with E-state index in [9.17, 15) is 22.8 Å². The highest BCUT2D eigenvalue weighted by Gasteiger charge is 2.32. The lowest BCUT2D eigenvalue weighted by molar-refractivity contribution is -0.138. The van der Waals surface area contributed by atoms with Crippen molar-refractivity contribution in [3.63, 3.8) is 0 Å². The van der Waals surface area contributed by atoms with Gasteiger partial charge in [-0.3, -0.25) is 9.48 Å². The van der Waals surface area contributed by atoms with Crippen LogP contribution < -0.4 is 10.2 Å². The molecule has 2 aromatic carbocycles. The van der Waals surface area contributed by atoms with Crippen LogP contribution >= 0.6 is 0 Å². The van der Waals surface area contributed by atoms with Gasteiger partial charge in [0.05, 0.1) is 18.4 Å². The highest BCUT2D eigenvalue weighted by molar-refractivity contribution is 5.87. The summed E-state index contributed by atoms with van der Waals surface area (Å²) in [5.74, 6) is -1.07. The predicted octanol–water partition coefficient (Wildman–Crippen LogP) is 4.26. The van der Waals surface area contributed by atoms with Crippen LogP contribution in [0.4, 0.5) is 13.2 Å². The van der Waals surface area contributed by atoms with Crippen LogP contribution in [0.15, 0.2) is 65.6 Å². The van der Waals surface area contributed by atoms with Crippen molar-refractivity contribution in [3.05, 3.63) is 93.4 Å². The largest absolute Gasteiger partial charge is 0.483 e. The number of carbonyl (C=O) groups excluding carboxylic acids is 1. The van der Waals surface area contributed by atoms with Gasteiger partial charge in [0.25, 0.3) is 5.43 Å². The number of alkyl halides is 3. The zero-order valence-corrected chi connectivity index (χ0v) is 17.3. The number of hydrogen-bond acceptors (Lipinski definition) is 5. The van der Waals surface area contributed by atoms with E-state index in [0.717, 1.165) is 11.6 Å². The van der Waals surface area contributed by atoms with Crippen molar-refractivity contribution in [1.82, 2.24) is 9.78 Å². The van der Waals surface area contributed by atoms with E-state index >= 15 is 0 Å². The van der Waals surface area contributed by atoms with E-state index in [0.29, 0.717) is 0 Å². The number of nitrogens with zero attached hydrogens (tertiary/aromatic N) is 2. The SMILES string of the molecule is CCOC(=O)c1nn(CCc2ccccc2C(F)(F)F)cc(OCc2ccccc2)c1=O. The molecule has 168 valence electrons. The van der Waals surface area contributed by atoms with Gasteiger partial charge in [-0.15, -0.1) is 0 Å². The van der Waals surface area contributed by atoms with Gasteiger partial charge in [0, 0.05) is 6.54 Å². The predicted molar refractivity (Wildman–Crippen MR) is 110 cm³/mol. The first-order chi connectivity index (χ1) is 15.3. The summed E-state index contributed by atoms with van der Waals surface area (Å²) in [5.41, 5.74) is -1.10. The summed E-state index contributed by atoms with van der Waals surface area (Å²) in [4.78, 5) is 24.9. The number of halogens is 3. The Labute approximate surface area is 182 Å². The molecule has 0 spiro atoms. The third kappa shape index (κ3) is 5.75. The molecule has 1 aromatic heterocycles. The van der Waals surface area contributed by atoms with Crippen molar-refractivity contribution >= 4 is 5.97 Å². The first kappa shape index (κ1) is 23.1. The van der Waals surface area contributed by atoms with Crippen LogP contribution in [0.1, 0.15) is 34.1 Å². The molecular weight excluding hydrogens is 425 g/mol. The van der Waals surface area contributed by atoms with Gasteiger partial charge in [-0.2, -0.15) is 18.3 Å². The molecule has 0 bridgehead atoms. The Morgan fingerprint density at radius 3 is 2.44 bits per heavy atom. The molecule has 0 atom stereocenters. The number of aromatic nitrogens is 2. The molecule has 0 aliphatic rings. The maximum Gasteiger partial charge on any atom is 0.416 e. The highest BCUT2D eigenvalue weighted by Crippen LogP contribution is 2.32. The maximum absolute atomic E-state index is 13.3. The molecule has 0 unspecified atom stereocenters. The van der Waals surface area contributed by atoms with E-state index in [4.69, 9.17) is 9.47 Å². The molecule has 0 fully saturated rings. The molecule has 3 rings (SSSR count). The Balaban J connectivity index is 1.89. The number of carbonyl (C=O) groups is 1. The Bertz CT molecular complexity index is 1130. The van der Waals surface area contributed by atoms with Crippen LogP contribution in [0, 0.1) is 0 Å². The molecule has 0 N–H and O–H groups in total. The smallest absolute Gasteiger partial charge is 0.416 e. The normalized spacial score (nSPS) is 11.2. The number of hydrogen-bond donors (Lipinski definition) is 0. The van der Waals surface area contributed by atoms with Gasteiger partial charge in [-0.1, -0.05) is 48.5 Å². The molecule has 3 aromatic rings. The maximum atomic E-state index is 13.3. The molecule has 1 heterocycles. The lowest BCUT2D eigenvalue weighted by atomic mass is 10.0. The zero-order valence-electron chi connectivity index (χ0n) is 17.3. The monoisotopic (exact) mass is 446 g/mol. The van der Waals surface area contributed by atoms with Crippen molar-refractivity contribution in [2.45, 2.75) is 32.7 Å². The Hall–Kier alpha value is -3.62. The molecule has 0 saturated heterocycles. The lowest BCUT2D eigenvalue weighted by Gasteiger charge is -2.14. The van der Waals surface area contributed by atoms with E-state index in [2.05, 4.69) is 5.10 Å². The minimum atomic E-state index is -4.49. The summed E-state index contributed by atoms with van der Waals surface area (Å²) in [6, 6.07) is 14.3. The van der Waals surface area contributed by atoms with Gasteiger partial charge in [0.1, 0.15) is 6.61 Å². The molecule has 9 heteroatoms. The van der Waals surface area contributed by atoms with E-state index in [1.807, 2.05) is 18.2 Å². The third-order valence-corrected chi connectivity index (χ3v) is 4.57. The van der Waals surface area contributed by atoms with E-state index in [1.54, 1.807) is 19.1 Å². The first-order valence-electron chi connectivity index (χ1n) is 9.90. The number of esters is 1. The van der Waals surface area contributed by atoms with Crippen molar-refractivity contribution in [3.8, 4) is 5.75 Å². The minimum absolute atomic E-state index is 0.0124. The number of benzene rings is 2. The van der Waals surface area contributed by atoms with Gasteiger partial charge in [0.2, 0.25) is 5.69 Å². The molecule has 0 aliphatic heterocycles. The van der Waals surface area contributed by atoms with Crippen molar-refractivity contribution in [2.24, 2.45) is 0 Å². The van der Waals surface area contributed by atoms with Crippen LogP contribution in [0.25, 0.3) is 0 Å². The zero-order chi connectivity index (χ0) is 23.1.